The van der Waals surface area contributed by atoms with Crippen LogP contribution in [0.1, 0.15) is 6.42 Å². The van der Waals surface area contributed by atoms with Gasteiger partial charge in [0.15, 0.2) is 0 Å². The van der Waals surface area contributed by atoms with Crippen LogP contribution in [0.3, 0.4) is 0 Å². The largest absolute Gasteiger partial charge is 0.488 e. The van der Waals surface area contributed by atoms with Crippen LogP contribution < -0.4 is 4.74 Å². The van der Waals surface area contributed by atoms with Crippen LogP contribution in [0, 0.1) is 5.82 Å². The van der Waals surface area contributed by atoms with E-state index in [0.29, 0.717) is 12.2 Å². The monoisotopic (exact) mass is 200 g/mol. The molecule has 0 aliphatic heterocycles. The van der Waals surface area contributed by atoms with Crippen LogP contribution in [-0.2, 0) is 0 Å². The van der Waals surface area contributed by atoms with Crippen LogP contribution in [0.5, 0.6) is 5.75 Å². The zero-order valence-corrected chi connectivity index (χ0v) is 7.69. The van der Waals surface area contributed by atoms with Crippen molar-refractivity contribution in [3.8, 4) is 5.75 Å². The molecular weight excluding hydrogens is 187 g/mol. The molecule has 0 aromatic heterocycles. The summed E-state index contributed by atoms with van der Waals surface area (Å²) in [6, 6.07) is 5.67. The first kappa shape index (κ1) is 10.9. The topological polar surface area (TPSA) is 49.7 Å². The maximum Gasteiger partial charge on any atom is 0.126 e. The molecule has 2 N–H and O–H groups in total. The highest BCUT2D eigenvalue weighted by molar-refractivity contribution is 5.22. The van der Waals surface area contributed by atoms with Gasteiger partial charge < -0.3 is 14.9 Å². The molecule has 78 valence electrons. The summed E-state index contributed by atoms with van der Waals surface area (Å²) < 4.78 is 18.0. The van der Waals surface area contributed by atoms with Crippen LogP contribution >= 0.6 is 0 Å². The number of ether oxygens (including phenoxy) is 1. The van der Waals surface area contributed by atoms with Gasteiger partial charge in [-0.3, -0.25) is 0 Å². The van der Waals surface area contributed by atoms with E-state index in [2.05, 4.69) is 0 Å². The van der Waals surface area contributed by atoms with Crippen LogP contribution in [-0.4, -0.2) is 29.5 Å². The zero-order valence-electron chi connectivity index (χ0n) is 7.69. The van der Waals surface area contributed by atoms with Crippen LogP contribution in [0.15, 0.2) is 24.3 Å². The summed E-state index contributed by atoms with van der Waals surface area (Å²) in [5.41, 5.74) is 0. The Bertz CT molecular complexity index is 278. The summed E-state index contributed by atoms with van der Waals surface area (Å²) in [5.74, 6) is -0.0271. The fourth-order valence-electron chi connectivity index (χ4n) is 1.06. The Morgan fingerprint density at radius 3 is 2.71 bits per heavy atom. The van der Waals surface area contributed by atoms with Crippen molar-refractivity contribution in [2.75, 3.05) is 13.2 Å². The fourth-order valence-corrected chi connectivity index (χ4v) is 1.06. The lowest BCUT2D eigenvalue weighted by Gasteiger charge is -2.15. The molecule has 0 saturated heterocycles. The minimum absolute atomic E-state index is 0.0689. The minimum atomic E-state index is -0.484. The molecule has 14 heavy (non-hydrogen) atoms. The van der Waals surface area contributed by atoms with E-state index >= 15 is 0 Å². The molecular formula is C10H13FO3. The number of aliphatic hydroxyl groups is 2. The summed E-state index contributed by atoms with van der Waals surface area (Å²) >= 11 is 0. The number of halogens is 1. The fraction of sp³-hybridized carbons (Fsp3) is 0.400. The van der Waals surface area contributed by atoms with Gasteiger partial charge in [-0.2, -0.15) is 0 Å². The third kappa shape index (κ3) is 3.32. The zero-order chi connectivity index (χ0) is 10.4. The Hall–Kier alpha value is -1.13. The van der Waals surface area contributed by atoms with Gasteiger partial charge in [-0.1, -0.05) is 6.07 Å². The molecule has 0 amide bonds. The third-order valence-corrected chi connectivity index (χ3v) is 1.75. The van der Waals surface area contributed by atoms with E-state index in [4.69, 9.17) is 14.9 Å². The number of rotatable bonds is 5. The first-order valence-electron chi connectivity index (χ1n) is 4.40. The summed E-state index contributed by atoms with van der Waals surface area (Å²) in [6.45, 7) is -0.266. The van der Waals surface area contributed by atoms with Crippen molar-refractivity contribution in [2.24, 2.45) is 0 Å². The molecule has 0 fully saturated rings. The summed E-state index contributed by atoms with van der Waals surface area (Å²) in [5, 5.41) is 17.5. The summed E-state index contributed by atoms with van der Waals surface area (Å²) in [6.07, 6.45) is -0.158. The number of hydrogen-bond acceptors (Lipinski definition) is 3. The molecule has 0 aliphatic carbocycles. The Labute approximate surface area is 81.8 Å². The molecule has 0 heterocycles. The second-order valence-electron chi connectivity index (χ2n) is 2.89. The van der Waals surface area contributed by atoms with E-state index in [0.717, 1.165) is 0 Å². The molecule has 1 rings (SSSR count). The molecule has 0 bridgehead atoms. The number of aliphatic hydroxyl groups excluding tert-OH is 2. The van der Waals surface area contributed by atoms with Gasteiger partial charge in [0.25, 0.3) is 0 Å². The quantitative estimate of drug-likeness (QED) is 0.744. The van der Waals surface area contributed by atoms with Crippen molar-refractivity contribution in [2.45, 2.75) is 12.5 Å². The maximum absolute atomic E-state index is 12.7. The second kappa shape index (κ2) is 5.57. The van der Waals surface area contributed by atoms with Crippen molar-refractivity contribution in [3.05, 3.63) is 30.1 Å². The van der Waals surface area contributed by atoms with E-state index in [1.165, 1.54) is 18.2 Å². The lowest BCUT2D eigenvalue weighted by molar-refractivity contribution is 0.0904. The minimum Gasteiger partial charge on any atom is -0.488 e. The highest BCUT2D eigenvalue weighted by Crippen LogP contribution is 2.14. The van der Waals surface area contributed by atoms with E-state index < -0.39 is 6.10 Å². The molecule has 0 spiro atoms. The lowest BCUT2D eigenvalue weighted by atomic mass is 10.2. The van der Waals surface area contributed by atoms with Crippen molar-refractivity contribution < 1.29 is 19.3 Å². The lowest BCUT2D eigenvalue weighted by Crippen LogP contribution is -2.22. The maximum atomic E-state index is 12.7. The Kier molecular flexibility index (Phi) is 4.35. The van der Waals surface area contributed by atoms with E-state index in [-0.39, 0.29) is 19.0 Å². The molecule has 4 heteroatoms. The van der Waals surface area contributed by atoms with Gasteiger partial charge in [0.1, 0.15) is 17.7 Å². The summed E-state index contributed by atoms with van der Waals surface area (Å²) in [4.78, 5) is 0. The molecule has 0 radical (unpaired) electrons. The molecule has 0 aliphatic rings. The van der Waals surface area contributed by atoms with Crippen molar-refractivity contribution in [1.29, 1.82) is 0 Å². The first-order valence-corrected chi connectivity index (χ1v) is 4.40. The average Bonchev–Trinajstić information content (AvgIpc) is 2.17. The van der Waals surface area contributed by atoms with Gasteiger partial charge in [-0.05, 0) is 12.1 Å². The predicted molar refractivity (Wildman–Crippen MR) is 49.6 cm³/mol. The Morgan fingerprint density at radius 2 is 2.14 bits per heavy atom. The number of benzene rings is 1. The molecule has 1 aromatic rings. The van der Waals surface area contributed by atoms with Crippen molar-refractivity contribution >= 4 is 0 Å². The second-order valence-corrected chi connectivity index (χ2v) is 2.89. The highest BCUT2D eigenvalue weighted by atomic mass is 19.1. The third-order valence-electron chi connectivity index (χ3n) is 1.75. The molecule has 1 unspecified atom stereocenters. The Morgan fingerprint density at radius 1 is 1.36 bits per heavy atom. The molecule has 1 aromatic carbocycles. The number of hydrogen-bond donors (Lipinski definition) is 2. The van der Waals surface area contributed by atoms with Crippen molar-refractivity contribution in [3.63, 3.8) is 0 Å². The average molecular weight is 200 g/mol. The van der Waals surface area contributed by atoms with E-state index in [1.54, 1.807) is 6.07 Å². The van der Waals surface area contributed by atoms with Gasteiger partial charge in [0.2, 0.25) is 0 Å². The normalized spacial score (nSPS) is 12.5. The van der Waals surface area contributed by atoms with Crippen LogP contribution in [0.2, 0.25) is 0 Å². The molecule has 1 atom stereocenters. The summed E-state index contributed by atoms with van der Waals surface area (Å²) in [7, 11) is 0. The van der Waals surface area contributed by atoms with Crippen molar-refractivity contribution in [1.82, 2.24) is 0 Å². The van der Waals surface area contributed by atoms with Gasteiger partial charge in [-0.25, -0.2) is 4.39 Å². The van der Waals surface area contributed by atoms with Gasteiger partial charge in [0.05, 0.1) is 6.61 Å². The standard InChI is InChI=1S/C10H13FO3/c11-8-2-1-3-9(6-8)14-10(7-13)4-5-12/h1-3,6,10,12-13H,4-5,7H2. The van der Waals surface area contributed by atoms with Gasteiger partial charge in [0, 0.05) is 19.1 Å². The van der Waals surface area contributed by atoms with E-state index in [9.17, 15) is 4.39 Å². The van der Waals surface area contributed by atoms with Gasteiger partial charge in [-0.15, -0.1) is 0 Å². The SMILES string of the molecule is OCCC(CO)Oc1cccc(F)c1. The van der Waals surface area contributed by atoms with Crippen LogP contribution in [0.4, 0.5) is 4.39 Å². The highest BCUT2D eigenvalue weighted by Gasteiger charge is 2.08. The van der Waals surface area contributed by atoms with E-state index in [1.807, 2.05) is 0 Å². The smallest absolute Gasteiger partial charge is 0.126 e. The first-order chi connectivity index (χ1) is 6.76. The molecule has 3 nitrogen and oxygen atoms in total. The predicted octanol–water partition coefficient (Wildman–Crippen LogP) is 0.948. The van der Waals surface area contributed by atoms with Crippen LogP contribution in [0.25, 0.3) is 0 Å². The van der Waals surface area contributed by atoms with Gasteiger partial charge >= 0.3 is 0 Å². The Balaban J connectivity index is 2.57. The molecule has 0 saturated carbocycles.